The highest BCUT2D eigenvalue weighted by molar-refractivity contribution is 6.53. The van der Waals surface area contributed by atoms with E-state index in [1.165, 1.54) is 0 Å². The molecule has 0 saturated carbocycles. The van der Waals surface area contributed by atoms with Crippen LogP contribution in [-0.2, 0) is 4.33 Å². The van der Waals surface area contributed by atoms with Crippen molar-refractivity contribution in [2.24, 2.45) is 0 Å². The van der Waals surface area contributed by atoms with Crippen molar-refractivity contribution in [3.63, 3.8) is 0 Å². The quantitative estimate of drug-likeness (QED) is 0.443. The maximum absolute atomic E-state index is 6.40. The van der Waals surface area contributed by atoms with Gasteiger partial charge in [0.2, 0.25) is 0 Å². The van der Waals surface area contributed by atoms with Crippen LogP contribution in [0.2, 0.25) is 15.1 Å². The van der Waals surface area contributed by atoms with Gasteiger partial charge in [0.1, 0.15) is 0 Å². The van der Waals surface area contributed by atoms with Crippen molar-refractivity contribution >= 4 is 58.0 Å². The molecule has 2 aromatic carbocycles. The summed E-state index contributed by atoms with van der Waals surface area (Å²) >= 11 is 30.8. The maximum Gasteiger partial charge on any atom is 0.169 e. The summed E-state index contributed by atoms with van der Waals surface area (Å²) in [4.78, 5) is 0. The van der Waals surface area contributed by atoms with E-state index in [1.807, 2.05) is 30.3 Å². The van der Waals surface area contributed by atoms with Crippen molar-refractivity contribution in [1.29, 1.82) is 0 Å². The molecule has 0 aliphatic carbocycles. The molecule has 18 heavy (non-hydrogen) atoms. The Morgan fingerprint density at radius 3 is 1.94 bits per heavy atom. The number of alkyl halides is 2. The predicted molar refractivity (Wildman–Crippen MR) is 80.4 cm³/mol. The van der Waals surface area contributed by atoms with Crippen molar-refractivity contribution < 1.29 is 0 Å². The molecule has 94 valence electrons. The lowest BCUT2D eigenvalue weighted by molar-refractivity contribution is 1.04. The Morgan fingerprint density at radius 1 is 0.722 bits per heavy atom. The Balaban J connectivity index is 2.58. The second kappa shape index (κ2) is 5.48. The molecule has 0 nitrogen and oxygen atoms in total. The summed E-state index contributed by atoms with van der Waals surface area (Å²) in [5, 5.41) is 0.873. The van der Waals surface area contributed by atoms with E-state index in [0.717, 1.165) is 0 Å². The Labute approximate surface area is 130 Å². The standard InChI is InChI=1S/C13H7Cl5/c14-10-7-6-9(11(15)12(10)16)13(17,18)8-4-2-1-3-5-8/h1-7H. The van der Waals surface area contributed by atoms with Gasteiger partial charge in [0.05, 0.1) is 15.1 Å². The molecule has 0 unspecified atom stereocenters. The number of rotatable bonds is 2. The van der Waals surface area contributed by atoms with Crippen LogP contribution in [0, 0.1) is 0 Å². The number of hydrogen-bond donors (Lipinski definition) is 0. The van der Waals surface area contributed by atoms with Crippen LogP contribution in [0.5, 0.6) is 0 Å². The molecule has 5 heteroatoms. The molecule has 0 atom stereocenters. The van der Waals surface area contributed by atoms with Crippen LogP contribution in [0.4, 0.5) is 0 Å². The molecule has 0 spiro atoms. The Hall–Kier alpha value is -0.110. The van der Waals surface area contributed by atoms with Crippen molar-refractivity contribution in [2.75, 3.05) is 0 Å². The van der Waals surface area contributed by atoms with Crippen LogP contribution < -0.4 is 0 Å². The molecule has 0 amide bonds. The zero-order chi connectivity index (χ0) is 13.3. The lowest BCUT2D eigenvalue weighted by Gasteiger charge is -2.22. The molecule has 2 rings (SSSR count). The van der Waals surface area contributed by atoms with E-state index in [9.17, 15) is 0 Å². The summed E-state index contributed by atoms with van der Waals surface area (Å²) in [5.41, 5.74) is 1.22. The average molecular weight is 340 g/mol. The van der Waals surface area contributed by atoms with Gasteiger partial charge in [-0.1, -0.05) is 94.4 Å². The van der Waals surface area contributed by atoms with Gasteiger partial charge < -0.3 is 0 Å². The molecule has 0 radical (unpaired) electrons. The molecule has 0 N–H and O–H groups in total. The zero-order valence-corrected chi connectivity index (χ0v) is 12.7. The van der Waals surface area contributed by atoms with E-state index in [0.29, 0.717) is 16.1 Å². The Kier molecular flexibility index (Phi) is 4.36. The van der Waals surface area contributed by atoms with Crippen LogP contribution >= 0.6 is 58.0 Å². The lowest BCUT2D eigenvalue weighted by atomic mass is 10.0. The topological polar surface area (TPSA) is 0 Å². The van der Waals surface area contributed by atoms with Crippen LogP contribution in [0.15, 0.2) is 42.5 Å². The van der Waals surface area contributed by atoms with Crippen molar-refractivity contribution in [1.82, 2.24) is 0 Å². The van der Waals surface area contributed by atoms with Gasteiger partial charge in [-0.05, 0) is 11.6 Å². The van der Waals surface area contributed by atoms with E-state index < -0.39 is 4.33 Å². The molecule has 0 heterocycles. The average Bonchev–Trinajstić information content (AvgIpc) is 2.37. The number of benzene rings is 2. The fourth-order valence-electron chi connectivity index (χ4n) is 1.57. The monoisotopic (exact) mass is 338 g/mol. The largest absolute Gasteiger partial charge is 0.169 e. The first-order valence-corrected chi connectivity index (χ1v) is 6.91. The van der Waals surface area contributed by atoms with Gasteiger partial charge >= 0.3 is 0 Å². The van der Waals surface area contributed by atoms with Gasteiger partial charge in [0.15, 0.2) is 4.33 Å². The summed E-state index contributed by atoms with van der Waals surface area (Å²) < 4.78 is -1.27. The third-order valence-corrected chi connectivity index (χ3v) is 4.65. The SMILES string of the molecule is Clc1ccc(C(Cl)(Cl)c2ccccc2)c(Cl)c1Cl. The predicted octanol–water partition coefficient (Wildman–Crippen LogP) is 6.33. The van der Waals surface area contributed by atoms with Gasteiger partial charge in [0.25, 0.3) is 0 Å². The molecule has 0 saturated heterocycles. The van der Waals surface area contributed by atoms with E-state index in [2.05, 4.69) is 0 Å². The molecule has 0 bridgehead atoms. The highest BCUT2D eigenvalue weighted by atomic mass is 35.5. The normalized spacial score (nSPS) is 11.6. The minimum absolute atomic E-state index is 0.248. The number of hydrogen-bond acceptors (Lipinski definition) is 0. The third kappa shape index (κ3) is 2.59. The molecule has 0 aliphatic rings. The second-order valence-electron chi connectivity index (χ2n) is 3.66. The van der Waals surface area contributed by atoms with E-state index in [-0.39, 0.29) is 10.0 Å². The van der Waals surface area contributed by atoms with Crippen LogP contribution in [0.25, 0.3) is 0 Å². The molecular weight excluding hydrogens is 333 g/mol. The minimum atomic E-state index is -1.27. The van der Waals surface area contributed by atoms with Gasteiger partial charge in [-0.2, -0.15) is 0 Å². The van der Waals surface area contributed by atoms with Gasteiger partial charge in [-0.3, -0.25) is 0 Å². The lowest BCUT2D eigenvalue weighted by Crippen LogP contribution is -2.13. The van der Waals surface area contributed by atoms with Crippen molar-refractivity contribution in [2.45, 2.75) is 4.33 Å². The summed E-state index contributed by atoms with van der Waals surface area (Å²) in [6, 6.07) is 12.5. The smallest absolute Gasteiger partial charge is 0.0909 e. The highest BCUT2D eigenvalue weighted by Gasteiger charge is 2.32. The van der Waals surface area contributed by atoms with Crippen LogP contribution in [0.1, 0.15) is 11.1 Å². The van der Waals surface area contributed by atoms with Gasteiger partial charge in [-0.25, -0.2) is 0 Å². The van der Waals surface area contributed by atoms with E-state index >= 15 is 0 Å². The summed E-state index contributed by atoms with van der Waals surface area (Å²) in [5.74, 6) is 0. The fourth-order valence-corrected chi connectivity index (χ4v) is 2.91. The molecular formula is C13H7Cl5. The Morgan fingerprint density at radius 2 is 1.33 bits per heavy atom. The first kappa shape index (κ1) is 14.3. The summed E-state index contributed by atoms with van der Waals surface area (Å²) in [6.45, 7) is 0. The highest BCUT2D eigenvalue weighted by Crippen LogP contribution is 2.46. The molecule has 0 aromatic heterocycles. The van der Waals surface area contributed by atoms with Gasteiger partial charge in [-0.15, -0.1) is 0 Å². The zero-order valence-electron chi connectivity index (χ0n) is 8.93. The number of halogens is 5. The fraction of sp³-hybridized carbons (Fsp3) is 0.0769. The molecule has 0 fully saturated rings. The maximum atomic E-state index is 6.40. The van der Waals surface area contributed by atoms with Crippen LogP contribution in [-0.4, -0.2) is 0 Å². The van der Waals surface area contributed by atoms with Crippen molar-refractivity contribution in [3.8, 4) is 0 Å². The summed E-state index contributed by atoms with van der Waals surface area (Å²) in [6.07, 6.45) is 0. The second-order valence-corrected chi connectivity index (χ2v) is 6.15. The molecule has 2 aromatic rings. The van der Waals surface area contributed by atoms with Crippen LogP contribution in [0.3, 0.4) is 0 Å². The van der Waals surface area contributed by atoms with Crippen molar-refractivity contribution in [3.05, 3.63) is 68.7 Å². The van der Waals surface area contributed by atoms with E-state index in [4.69, 9.17) is 58.0 Å². The summed E-state index contributed by atoms with van der Waals surface area (Å²) in [7, 11) is 0. The first-order chi connectivity index (χ1) is 8.44. The Bertz CT molecular complexity index is 563. The minimum Gasteiger partial charge on any atom is -0.0909 e. The first-order valence-electron chi connectivity index (χ1n) is 5.02. The molecule has 0 aliphatic heterocycles. The van der Waals surface area contributed by atoms with E-state index in [1.54, 1.807) is 12.1 Å². The van der Waals surface area contributed by atoms with Gasteiger partial charge in [0, 0.05) is 5.56 Å². The third-order valence-electron chi connectivity index (χ3n) is 2.51.